The molecule has 8 heteroatoms. The van der Waals surface area contributed by atoms with E-state index in [9.17, 15) is 0 Å². The Morgan fingerprint density at radius 2 is 0.593 bits per heavy atom. The van der Waals surface area contributed by atoms with Crippen LogP contribution in [0.15, 0.2) is 133 Å². The molecule has 0 spiro atoms. The van der Waals surface area contributed by atoms with E-state index in [1.54, 1.807) is 0 Å². The molecule has 0 aliphatic carbocycles. The lowest BCUT2D eigenvalue weighted by atomic mass is 9.98. The van der Waals surface area contributed by atoms with E-state index in [2.05, 4.69) is 165 Å². The van der Waals surface area contributed by atoms with Gasteiger partial charge in [0.1, 0.15) is 0 Å². The van der Waals surface area contributed by atoms with Crippen LogP contribution in [0.5, 0.6) is 0 Å². The van der Waals surface area contributed by atoms with Crippen LogP contribution in [0.25, 0.3) is 67.3 Å². The molecular formula is C46H46N8. The maximum Gasteiger partial charge on any atom is 0.160 e. The van der Waals surface area contributed by atoms with Crippen molar-refractivity contribution in [3.05, 3.63) is 133 Å². The van der Waals surface area contributed by atoms with Crippen LogP contribution in [-0.2, 0) is 0 Å². The minimum Gasteiger partial charge on any atom is -0.388 e. The maximum atomic E-state index is 5.16. The van der Waals surface area contributed by atoms with E-state index in [0.717, 1.165) is 95.6 Å². The number of hydrogen-bond acceptors (Lipinski definition) is 8. The minimum atomic E-state index is 0.665. The molecule has 6 N–H and O–H groups in total. The topological polar surface area (TPSA) is 98.0 Å². The van der Waals surface area contributed by atoms with E-state index < -0.39 is 0 Å². The second-order valence-electron chi connectivity index (χ2n) is 13.0. The van der Waals surface area contributed by atoms with Gasteiger partial charge in [-0.25, -0.2) is 9.97 Å². The minimum absolute atomic E-state index is 0.665. The Morgan fingerprint density at radius 1 is 0.296 bits per heavy atom. The molecule has 6 aromatic carbocycles. The van der Waals surface area contributed by atoms with Crippen LogP contribution >= 0.6 is 0 Å². The Bertz CT molecular complexity index is 2100. The van der Waals surface area contributed by atoms with Gasteiger partial charge in [-0.15, -0.1) is 0 Å². The van der Waals surface area contributed by atoms with Crippen LogP contribution in [0.4, 0.5) is 34.1 Å². The van der Waals surface area contributed by atoms with Crippen molar-refractivity contribution in [1.29, 1.82) is 0 Å². The lowest BCUT2D eigenvalue weighted by Crippen LogP contribution is -1.97. The monoisotopic (exact) mass is 710 g/mol. The van der Waals surface area contributed by atoms with E-state index in [0.29, 0.717) is 5.82 Å². The number of benzene rings is 6. The lowest BCUT2D eigenvalue weighted by Gasteiger charge is -2.14. The van der Waals surface area contributed by atoms with Gasteiger partial charge in [0.2, 0.25) is 0 Å². The van der Waals surface area contributed by atoms with Gasteiger partial charge in [-0.3, -0.25) is 0 Å². The molecule has 270 valence electrons. The van der Waals surface area contributed by atoms with Gasteiger partial charge in [0.05, 0.1) is 11.4 Å². The van der Waals surface area contributed by atoms with E-state index in [-0.39, 0.29) is 0 Å². The summed E-state index contributed by atoms with van der Waals surface area (Å²) in [5, 5.41) is 19.8. The zero-order valence-electron chi connectivity index (χ0n) is 31.6. The third kappa shape index (κ3) is 7.27. The summed E-state index contributed by atoms with van der Waals surface area (Å²) < 4.78 is 0. The van der Waals surface area contributed by atoms with Gasteiger partial charge in [0.25, 0.3) is 0 Å². The molecule has 0 bridgehead atoms. The Kier molecular flexibility index (Phi) is 10.4. The molecule has 0 unspecified atom stereocenters. The summed E-state index contributed by atoms with van der Waals surface area (Å²) >= 11 is 0. The fraction of sp³-hybridized carbons (Fsp3) is 0.130. The predicted molar refractivity (Wildman–Crippen MR) is 232 cm³/mol. The molecule has 54 heavy (non-hydrogen) atoms. The predicted octanol–water partition coefficient (Wildman–Crippen LogP) is 10.7. The first-order valence-corrected chi connectivity index (χ1v) is 18.1. The molecule has 7 rings (SSSR count). The largest absolute Gasteiger partial charge is 0.388 e. The summed E-state index contributed by atoms with van der Waals surface area (Å²) in [6.07, 6.45) is 0. The van der Waals surface area contributed by atoms with Crippen molar-refractivity contribution in [3.8, 4) is 67.3 Å². The first-order chi connectivity index (χ1) is 26.4. The SMILES string of the molecule is CNc1ccc(NC)c(-c2ccc(-c3cc(-c4ccc(-c5cc(NC)ccc5NC)cc4)nc(-c4ccc(-c5cc(NC)ccc5NC)cc4)n3)cc2)c1. The van der Waals surface area contributed by atoms with Crippen molar-refractivity contribution < 1.29 is 0 Å². The van der Waals surface area contributed by atoms with Crippen molar-refractivity contribution in [1.82, 2.24) is 9.97 Å². The normalized spacial score (nSPS) is 10.8. The number of nitrogens with zero attached hydrogens (tertiary/aromatic N) is 2. The molecule has 0 saturated heterocycles. The molecule has 7 aromatic rings. The van der Waals surface area contributed by atoms with Crippen molar-refractivity contribution in [2.45, 2.75) is 0 Å². The molecule has 0 saturated carbocycles. The molecule has 0 fully saturated rings. The summed E-state index contributed by atoms with van der Waals surface area (Å²) in [5.41, 5.74) is 17.8. The molecular weight excluding hydrogens is 665 g/mol. The summed E-state index contributed by atoms with van der Waals surface area (Å²) in [6.45, 7) is 0. The quantitative estimate of drug-likeness (QED) is 0.0746. The first kappa shape index (κ1) is 35.6. The first-order valence-electron chi connectivity index (χ1n) is 18.1. The zero-order chi connectivity index (χ0) is 37.6. The fourth-order valence-corrected chi connectivity index (χ4v) is 6.78. The van der Waals surface area contributed by atoms with Gasteiger partial charge in [-0.05, 0) is 77.4 Å². The van der Waals surface area contributed by atoms with Gasteiger partial charge in [0, 0.05) is 110 Å². The van der Waals surface area contributed by atoms with Gasteiger partial charge >= 0.3 is 0 Å². The van der Waals surface area contributed by atoms with Crippen LogP contribution in [0.2, 0.25) is 0 Å². The molecule has 1 aromatic heterocycles. The number of rotatable bonds is 12. The number of nitrogens with one attached hydrogen (secondary N) is 6. The van der Waals surface area contributed by atoms with Crippen molar-refractivity contribution in [3.63, 3.8) is 0 Å². The van der Waals surface area contributed by atoms with Crippen LogP contribution in [0, 0.1) is 0 Å². The Balaban J connectivity index is 1.30. The third-order valence-electron chi connectivity index (χ3n) is 9.90. The molecule has 0 aliphatic heterocycles. The summed E-state index contributed by atoms with van der Waals surface area (Å²) in [5.74, 6) is 0.665. The maximum absolute atomic E-state index is 5.16. The second kappa shape index (κ2) is 15.8. The standard InChI is InChI=1S/C46H46N8/c1-47-35-19-22-41(50-4)38(25-35)29-7-13-32(14-8-29)44-28-45(33-15-9-30(10-16-33)39-26-36(48-2)20-23-42(39)51-5)54-46(53-44)34-17-11-31(12-18-34)40-27-37(49-3)21-24-43(40)52-6/h7-28,47-52H,1-6H3. The summed E-state index contributed by atoms with van der Waals surface area (Å²) in [4.78, 5) is 10.3. The highest BCUT2D eigenvalue weighted by Crippen LogP contribution is 2.36. The van der Waals surface area contributed by atoms with Gasteiger partial charge in [-0.1, -0.05) is 72.8 Å². The van der Waals surface area contributed by atoms with Gasteiger partial charge in [0.15, 0.2) is 5.82 Å². The van der Waals surface area contributed by atoms with E-state index >= 15 is 0 Å². The van der Waals surface area contributed by atoms with Crippen molar-refractivity contribution in [2.75, 3.05) is 74.2 Å². The van der Waals surface area contributed by atoms with Crippen LogP contribution in [0.1, 0.15) is 0 Å². The molecule has 1 heterocycles. The highest BCUT2D eigenvalue weighted by molar-refractivity contribution is 5.85. The number of aromatic nitrogens is 2. The number of anilines is 6. The van der Waals surface area contributed by atoms with Crippen LogP contribution in [-0.4, -0.2) is 52.3 Å². The Hall–Kier alpha value is -6.80. The smallest absolute Gasteiger partial charge is 0.160 e. The second-order valence-corrected chi connectivity index (χ2v) is 13.0. The van der Waals surface area contributed by atoms with Crippen molar-refractivity contribution >= 4 is 34.1 Å². The van der Waals surface area contributed by atoms with Gasteiger partial charge < -0.3 is 31.9 Å². The Labute approximate surface area is 318 Å². The molecule has 0 atom stereocenters. The van der Waals surface area contributed by atoms with Crippen LogP contribution < -0.4 is 31.9 Å². The average molecular weight is 711 g/mol. The van der Waals surface area contributed by atoms with Gasteiger partial charge in [-0.2, -0.15) is 0 Å². The molecule has 0 radical (unpaired) electrons. The zero-order valence-corrected chi connectivity index (χ0v) is 31.6. The summed E-state index contributed by atoms with van der Waals surface area (Å²) in [6, 6.07) is 46.8. The highest BCUT2D eigenvalue weighted by atomic mass is 14.9. The van der Waals surface area contributed by atoms with Crippen molar-refractivity contribution in [2.24, 2.45) is 0 Å². The van der Waals surface area contributed by atoms with E-state index in [1.165, 1.54) is 0 Å². The van der Waals surface area contributed by atoms with E-state index in [4.69, 9.17) is 9.97 Å². The van der Waals surface area contributed by atoms with E-state index in [1.807, 2.05) is 42.3 Å². The highest BCUT2D eigenvalue weighted by Gasteiger charge is 2.14. The third-order valence-corrected chi connectivity index (χ3v) is 9.90. The lowest BCUT2D eigenvalue weighted by molar-refractivity contribution is 1.18. The van der Waals surface area contributed by atoms with Crippen LogP contribution in [0.3, 0.4) is 0 Å². The fourth-order valence-electron chi connectivity index (χ4n) is 6.78. The molecule has 0 amide bonds. The molecule has 8 nitrogen and oxygen atoms in total. The summed E-state index contributed by atoms with van der Waals surface area (Å²) in [7, 11) is 11.7. The average Bonchev–Trinajstić information content (AvgIpc) is 3.25. The number of hydrogen-bond donors (Lipinski definition) is 6. The Morgan fingerprint density at radius 3 is 0.889 bits per heavy atom. The molecule has 0 aliphatic rings.